The molecule has 0 aliphatic heterocycles. The zero-order valence-corrected chi connectivity index (χ0v) is 14.7. The van der Waals surface area contributed by atoms with Gasteiger partial charge in [-0.2, -0.15) is 5.10 Å². The summed E-state index contributed by atoms with van der Waals surface area (Å²) in [5.74, 6) is -0.705. The molecule has 0 radical (unpaired) electrons. The van der Waals surface area contributed by atoms with Gasteiger partial charge >= 0.3 is 5.97 Å². The van der Waals surface area contributed by atoms with E-state index in [1.165, 1.54) is 10.7 Å². The number of nitrogens with zero attached hydrogens (tertiary/aromatic N) is 2. The lowest BCUT2D eigenvalue weighted by Gasteiger charge is -2.16. The van der Waals surface area contributed by atoms with Crippen LogP contribution in [-0.2, 0) is 11.8 Å². The third-order valence-corrected chi connectivity index (χ3v) is 4.29. The molecule has 1 atom stereocenters. The summed E-state index contributed by atoms with van der Waals surface area (Å²) in [5.41, 5.74) is 6.95. The van der Waals surface area contributed by atoms with Gasteiger partial charge in [-0.1, -0.05) is 11.6 Å². The molecular formula is C17H19ClFN3O3. The lowest BCUT2D eigenvalue weighted by atomic mass is 10.1. The molecule has 0 spiro atoms. The number of esters is 1. The summed E-state index contributed by atoms with van der Waals surface area (Å²) in [5, 5.41) is 4.50. The monoisotopic (exact) mass is 367 g/mol. The Kier molecular flexibility index (Phi) is 4.96. The van der Waals surface area contributed by atoms with Gasteiger partial charge < -0.3 is 9.47 Å². The van der Waals surface area contributed by atoms with Gasteiger partial charge in [-0.25, -0.2) is 9.18 Å². The maximum absolute atomic E-state index is 14.2. The van der Waals surface area contributed by atoms with Gasteiger partial charge in [0.15, 0.2) is 6.23 Å². The van der Waals surface area contributed by atoms with Crippen molar-refractivity contribution >= 4 is 17.6 Å². The van der Waals surface area contributed by atoms with Gasteiger partial charge in [0.2, 0.25) is 0 Å². The summed E-state index contributed by atoms with van der Waals surface area (Å²) in [6.45, 7) is 2.11. The maximum Gasteiger partial charge on any atom is 0.358 e. The fourth-order valence-electron chi connectivity index (χ4n) is 2.53. The number of aryl methyl sites for hydroxylation is 1. The summed E-state index contributed by atoms with van der Waals surface area (Å²) in [6, 6.07) is 4.12. The first-order valence-corrected chi connectivity index (χ1v) is 8.40. The zero-order chi connectivity index (χ0) is 18.1. The lowest BCUT2D eigenvalue weighted by molar-refractivity contribution is 0.0291. The largest absolute Gasteiger partial charge is 0.492 e. The summed E-state index contributed by atoms with van der Waals surface area (Å²) in [4.78, 5) is 12.3. The summed E-state index contributed by atoms with van der Waals surface area (Å²) in [7, 11) is 1.66. The van der Waals surface area contributed by atoms with Crippen LogP contribution in [0.15, 0.2) is 18.2 Å². The second-order valence-electron chi connectivity index (χ2n) is 5.92. The molecule has 6 nitrogen and oxygen atoms in total. The van der Waals surface area contributed by atoms with Crippen molar-refractivity contribution < 1.29 is 18.7 Å². The topological polar surface area (TPSA) is 79.4 Å². The standard InChI is InChI=1S/C17H19ClFN3O3/c1-3-24-15-7-12(19)10(6-11(15)18)16(20)25-17(23)14-8-13(9-4-5-9)21-22(14)2/h6-9,16H,3-5,20H2,1-2H3. The molecule has 0 saturated heterocycles. The van der Waals surface area contributed by atoms with E-state index in [1.54, 1.807) is 20.0 Å². The Hall–Kier alpha value is -2.12. The van der Waals surface area contributed by atoms with Gasteiger partial charge in [0.05, 0.1) is 17.3 Å². The van der Waals surface area contributed by atoms with Crippen LogP contribution in [0.4, 0.5) is 4.39 Å². The van der Waals surface area contributed by atoms with E-state index in [0.29, 0.717) is 12.5 Å². The number of rotatable bonds is 6. The van der Waals surface area contributed by atoms with Crippen molar-refractivity contribution in [2.24, 2.45) is 12.8 Å². The normalized spacial score (nSPS) is 15.1. The quantitative estimate of drug-likeness (QED) is 0.626. The van der Waals surface area contributed by atoms with E-state index >= 15 is 0 Å². The highest BCUT2D eigenvalue weighted by atomic mass is 35.5. The number of halogens is 2. The van der Waals surface area contributed by atoms with Crippen LogP contribution in [0.3, 0.4) is 0 Å². The van der Waals surface area contributed by atoms with Gasteiger partial charge in [0.25, 0.3) is 0 Å². The molecule has 1 saturated carbocycles. The average Bonchev–Trinajstić information content (AvgIpc) is 3.33. The first-order chi connectivity index (χ1) is 11.9. The van der Waals surface area contributed by atoms with Crippen molar-refractivity contribution in [3.8, 4) is 5.75 Å². The molecule has 1 aromatic carbocycles. The Labute approximate surface area is 149 Å². The number of carbonyl (C=O) groups is 1. The minimum absolute atomic E-state index is 0.0219. The molecule has 1 fully saturated rings. The number of hydrogen-bond acceptors (Lipinski definition) is 5. The van der Waals surface area contributed by atoms with Crippen molar-refractivity contribution in [2.75, 3.05) is 6.61 Å². The summed E-state index contributed by atoms with van der Waals surface area (Å²) < 4.78 is 26.1. The van der Waals surface area contributed by atoms with Crippen LogP contribution < -0.4 is 10.5 Å². The Morgan fingerprint density at radius 3 is 2.84 bits per heavy atom. The smallest absolute Gasteiger partial charge is 0.358 e. The van der Waals surface area contributed by atoms with Crippen molar-refractivity contribution in [3.05, 3.63) is 46.0 Å². The molecule has 0 bridgehead atoms. The second kappa shape index (κ2) is 7.01. The van der Waals surface area contributed by atoms with E-state index in [0.717, 1.165) is 24.6 Å². The predicted molar refractivity (Wildman–Crippen MR) is 90.1 cm³/mol. The Balaban J connectivity index is 1.76. The van der Waals surface area contributed by atoms with E-state index in [-0.39, 0.29) is 22.0 Å². The average molecular weight is 368 g/mol. The fourth-order valence-corrected chi connectivity index (χ4v) is 2.75. The van der Waals surface area contributed by atoms with Crippen molar-refractivity contribution in [1.82, 2.24) is 9.78 Å². The number of nitrogens with two attached hydrogens (primary N) is 1. The van der Waals surface area contributed by atoms with Gasteiger partial charge in [-0.3, -0.25) is 10.4 Å². The number of ether oxygens (including phenoxy) is 2. The van der Waals surface area contributed by atoms with E-state index in [4.69, 9.17) is 26.8 Å². The van der Waals surface area contributed by atoms with Crippen LogP contribution in [0, 0.1) is 5.82 Å². The highest BCUT2D eigenvalue weighted by Gasteiger charge is 2.29. The molecule has 0 amide bonds. The number of hydrogen-bond donors (Lipinski definition) is 1. The third-order valence-electron chi connectivity index (χ3n) is 4.00. The molecule has 1 aliphatic carbocycles. The van der Waals surface area contributed by atoms with Crippen LogP contribution in [0.1, 0.15) is 53.7 Å². The molecule has 2 N–H and O–H groups in total. The highest BCUT2D eigenvalue weighted by Crippen LogP contribution is 2.39. The van der Waals surface area contributed by atoms with E-state index < -0.39 is 18.0 Å². The predicted octanol–water partition coefficient (Wildman–Crippen LogP) is 3.30. The summed E-state index contributed by atoms with van der Waals surface area (Å²) >= 11 is 6.05. The first kappa shape index (κ1) is 17.7. The van der Waals surface area contributed by atoms with E-state index in [9.17, 15) is 9.18 Å². The second-order valence-corrected chi connectivity index (χ2v) is 6.32. The van der Waals surface area contributed by atoms with E-state index in [2.05, 4.69) is 5.10 Å². The molecule has 3 rings (SSSR count). The molecular weight excluding hydrogens is 349 g/mol. The molecule has 1 heterocycles. The van der Waals surface area contributed by atoms with Crippen LogP contribution in [0.5, 0.6) is 5.75 Å². The lowest BCUT2D eigenvalue weighted by Crippen LogP contribution is -2.21. The maximum atomic E-state index is 14.2. The van der Waals surface area contributed by atoms with Crippen LogP contribution in [0.25, 0.3) is 0 Å². The van der Waals surface area contributed by atoms with Crippen LogP contribution >= 0.6 is 11.6 Å². The molecule has 1 aliphatic rings. The van der Waals surface area contributed by atoms with Crippen molar-refractivity contribution in [2.45, 2.75) is 31.9 Å². The number of aromatic nitrogens is 2. The van der Waals surface area contributed by atoms with Gasteiger partial charge in [0, 0.05) is 24.6 Å². The van der Waals surface area contributed by atoms with Gasteiger partial charge in [-0.05, 0) is 31.9 Å². The molecule has 1 unspecified atom stereocenters. The zero-order valence-electron chi connectivity index (χ0n) is 14.0. The van der Waals surface area contributed by atoms with Gasteiger partial charge in [0.1, 0.15) is 17.3 Å². The Bertz CT molecular complexity index is 805. The minimum atomic E-state index is -1.29. The molecule has 1 aromatic heterocycles. The fraction of sp³-hybridized carbons (Fsp3) is 0.412. The third kappa shape index (κ3) is 3.77. The highest BCUT2D eigenvalue weighted by molar-refractivity contribution is 6.32. The molecule has 25 heavy (non-hydrogen) atoms. The van der Waals surface area contributed by atoms with Crippen LogP contribution in [0.2, 0.25) is 5.02 Å². The number of benzene rings is 1. The van der Waals surface area contributed by atoms with E-state index in [1.807, 2.05) is 0 Å². The number of carbonyl (C=O) groups excluding carboxylic acids is 1. The molecule has 2 aromatic rings. The van der Waals surface area contributed by atoms with Crippen molar-refractivity contribution in [1.29, 1.82) is 0 Å². The summed E-state index contributed by atoms with van der Waals surface area (Å²) in [6.07, 6.45) is 0.849. The Morgan fingerprint density at radius 2 is 2.20 bits per heavy atom. The van der Waals surface area contributed by atoms with Crippen molar-refractivity contribution in [3.63, 3.8) is 0 Å². The van der Waals surface area contributed by atoms with Crippen LogP contribution in [-0.4, -0.2) is 22.4 Å². The first-order valence-electron chi connectivity index (χ1n) is 8.03. The van der Waals surface area contributed by atoms with Gasteiger partial charge in [-0.15, -0.1) is 0 Å². The molecule has 134 valence electrons. The minimum Gasteiger partial charge on any atom is -0.492 e. The molecule has 8 heteroatoms. The Morgan fingerprint density at radius 1 is 1.48 bits per heavy atom. The SMILES string of the molecule is CCOc1cc(F)c(C(N)OC(=O)c2cc(C3CC3)nn2C)cc1Cl.